The molecule has 41 heavy (non-hydrogen) atoms. The summed E-state index contributed by atoms with van der Waals surface area (Å²) in [4.78, 5) is 43.7. The van der Waals surface area contributed by atoms with Crippen LogP contribution in [0.2, 0.25) is 0 Å². The van der Waals surface area contributed by atoms with Crippen LogP contribution in [0.4, 0.5) is 4.79 Å². The smallest absolute Gasteiger partial charge is 0.407 e. The molecule has 4 rings (SSSR count). The number of ether oxygens (including phenoxy) is 2. The molecule has 3 amide bonds. The second-order valence-electron chi connectivity index (χ2n) is 10.8. The average molecular weight is 565 g/mol. The third-order valence-corrected chi connectivity index (χ3v) is 8.08. The van der Waals surface area contributed by atoms with Crippen LogP contribution in [0.3, 0.4) is 0 Å². The number of piperidine rings is 1. The molecule has 2 aliphatic heterocycles. The maximum Gasteiger partial charge on any atom is 0.407 e. The van der Waals surface area contributed by atoms with Crippen LogP contribution in [-0.2, 0) is 32.1 Å². The fraction of sp³-hybridized carbons (Fsp3) is 0.531. The third kappa shape index (κ3) is 8.53. The summed E-state index contributed by atoms with van der Waals surface area (Å²) >= 11 is 0. The van der Waals surface area contributed by atoms with Crippen molar-refractivity contribution in [2.75, 3.05) is 45.9 Å². The van der Waals surface area contributed by atoms with Crippen molar-refractivity contribution in [2.45, 2.75) is 63.6 Å². The van der Waals surface area contributed by atoms with Gasteiger partial charge in [-0.1, -0.05) is 60.7 Å². The molecule has 0 aromatic heterocycles. The van der Waals surface area contributed by atoms with E-state index in [2.05, 4.69) is 39.8 Å². The molecule has 2 heterocycles. The summed E-state index contributed by atoms with van der Waals surface area (Å²) in [6.07, 6.45) is 3.39. The van der Waals surface area contributed by atoms with E-state index in [0.717, 1.165) is 31.6 Å². The van der Waals surface area contributed by atoms with Gasteiger partial charge in [-0.3, -0.25) is 9.59 Å². The Balaban J connectivity index is 1.28. The van der Waals surface area contributed by atoms with Crippen molar-refractivity contribution in [1.29, 1.82) is 0 Å². The number of alkyl carbamates (subject to hydrolysis) is 1. The Bertz CT molecular complexity index is 1110. The van der Waals surface area contributed by atoms with Gasteiger partial charge in [-0.05, 0) is 56.6 Å². The van der Waals surface area contributed by atoms with E-state index in [9.17, 15) is 14.4 Å². The summed E-state index contributed by atoms with van der Waals surface area (Å²) < 4.78 is 10.8. The zero-order valence-electron chi connectivity index (χ0n) is 24.2. The first kappa shape index (κ1) is 30.5. The van der Waals surface area contributed by atoms with Crippen molar-refractivity contribution in [3.8, 4) is 0 Å². The molecule has 1 atom stereocenters. The Morgan fingerprint density at radius 2 is 1.66 bits per heavy atom. The molecule has 0 radical (unpaired) electrons. The molecule has 0 unspecified atom stereocenters. The van der Waals surface area contributed by atoms with Gasteiger partial charge in [-0.15, -0.1) is 0 Å². The standard InChI is InChI=1S/C32H44N4O5/c1-2-40-24-10-20-36-29(37)28(15-9-19-33-31(39)41-25-27-13-7-4-8-14-27)34-30(38)32(36)17-22-35(23-18-32)21-16-26-11-5-3-6-12-26/h3-8,11-14,28H,2,9-10,15-25H2,1H3,(H,33,39)(H,34,38)/t28-/m0/s1. The van der Waals surface area contributed by atoms with Crippen molar-refractivity contribution >= 4 is 17.9 Å². The highest BCUT2D eigenvalue weighted by Crippen LogP contribution is 2.34. The topological polar surface area (TPSA) is 100 Å². The summed E-state index contributed by atoms with van der Waals surface area (Å²) in [6.45, 7) is 6.67. The fourth-order valence-electron chi connectivity index (χ4n) is 5.71. The highest BCUT2D eigenvalue weighted by atomic mass is 16.5. The van der Waals surface area contributed by atoms with Crippen LogP contribution in [0.15, 0.2) is 60.7 Å². The van der Waals surface area contributed by atoms with E-state index in [4.69, 9.17) is 9.47 Å². The van der Waals surface area contributed by atoms with Crippen molar-refractivity contribution in [3.63, 3.8) is 0 Å². The molecule has 0 saturated carbocycles. The van der Waals surface area contributed by atoms with Crippen molar-refractivity contribution in [1.82, 2.24) is 20.4 Å². The quantitative estimate of drug-likeness (QED) is 0.341. The number of benzene rings is 2. The number of nitrogens with zero attached hydrogens (tertiary/aromatic N) is 2. The van der Waals surface area contributed by atoms with E-state index in [0.29, 0.717) is 58.4 Å². The molecule has 2 aromatic carbocycles. The summed E-state index contributed by atoms with van der Waals surface area (Å²) in [7, 11) is 0. The fourth-order valence-corrected chi connectivity index (χ4v) is 5.71. The van der Waals surface area contributed by atoms with E-state index in [1.807, 2.05) is 48.2 Å². The molecular weight excluding hydrogens is 520 g/mol. The summed E-state index contributed by atoms with van der Waals surface area (Å²) in [5, 5.41) is 5.78. The van der Waals surface area contributed by atoms with Gasteiger partial charge < -0.3 is 29.9 Å². The van der Waals surface area contributed by atoms with Crippen LogP contribution >= 0.6 is 0 Å². The lowest BCUT2D eigenvalue weighted by molar-refractivity contribution is -0.161. The van der Waals surface area contributed by atoms with Gasteiger partial charge in [0, 0.05) is 45.9 Å². The number of amides is 3. The number of hydrogen-bond donors (Lipinski definition) is 2. The largest absolute Gasteiger partial charge is 0.445 e. The van der Waals surface area contributed by atoms with Gasteiger partial charge in [0.15, 0.2) is 0 Å². The van der Waals surface area contributed by atoms with Crippen molar-refractivity contribution in [2.24, 2.45) is 0 Å². The predicted octanol–water partition coefficient (Wildman–Crippen LogP) is 3.52. The molecule has 2 N–H and O–H groups in total. The SMILES string of the molecule is CCOCCCN1C(=O)[C@H](CCCNC(=O)OCc2ccccc2)NC(=O)C12CCN(CCc1ccccc1)CC2. The van der Waals surface area contributed by atoms with E-state index in [1.165, 1.54) is 5.56 Å². The van der Waals surface area contributed by atoms with E-state index in [1.54, 1.807) is 0 Å². The Morgan fingerprint density at radius 3 is 2.34 bits per heavy atom. The van der Waals surface area contributed by atoms with Crippen LogP contribution in [0.1, 0.15) is 50.2 Å². The molecule has 0 bridgehead atoms. The van der Waals surface area contributed by atoms with Gasteiger partial charge in [-0.25, -0.2) is 4.79 Å². The Morgan fingerprint density at radius 1 is 0.976 bits per heavy atom. The zero-order valence-corrected chi connectivity index (χ0v) is 24.2. The van der Waals surface area contributed by atoms with Gasteiger partial charge in [0.05, 0.1) is 0 Å². The minimum Gasteiger partial charge on any atom is -0.445 e. The predicted molar refractivity (Wildman–Crippen MR) is 157 cm³/mol. The molecule has 222 valence electrons. The van der Waals surface area contributed by atoms with Crippen LogP contribution in [0.5, 0.6) is 0 Å². The van der Waals surface area contributed by atoms with Gasteiger partial charge >= 0.3 is 6.09 Å². The van der Waals surface area contributed by atoms with Crippen LogP contribution in [0.25, 0.3) is 0 Å². The number of carbonyl (C=O) groups is 3. The molecule has 2 saturated heterocycles. The molecule has 2 aromatic rings. The Hall–Kier alpha value is -3.43. The van der Waals surface area contributed by atoms with E-state index < -0.39 is 17.7 Å². The maximum atomic E-state index is 13.7. The third-order valence-electron chi connectivity index (χ3n) is 8.08. The molecular formula is C32H44N4O5. The van der Waals surface area contributed by atoms with Gasteiger partial charge in [0.25, 0.3) is 0 Å². The normalized spacial score (nSPS) is 18.8. The second kappa shape index (κ2) is 15.5. The van der Waals surface area contributed by atoms with Crippen molar-refractivity contribution in [3.05, 3.63) is 71.8 Å². The number of rotatable bonds is 14. The van der Waals surface area contributed by atoms with E-state index >= 15 is 0 Å². The first-order valence-corrected chi connectivity index (χ1v) is 14.9. The molecule has 2 aliphatic rings. The highest BCUT2D eigenvalue weighted by molar-refractivity contribution is 6.00. The molecule has 9 nitrogen and oxygen atoms in total. The molecule has 1 spiro atoms. The zero-order chi connectivity index (χ0) is 28.9. The number of hydrogen-bond acceptors (Lipinski definition) is 6. The minimum absolute atomic E-state index is 0.0366. The number of likely N-dealkylation sites (tertiary alicyclic amines) is 1. The lowest BCUT2D eigenvalue weighted by Crippen LogP contribution is -2.73. The van der Waals surface area contributed by atoms with E-state index in [-0.39, 0.29) is 18.4 Å². The highest BCUT2D eigenvalue weighted by Gasteiger charge is 2.53. The summed E-state index contributed by atoms with van der Waals surface area (Å²) in [6, 6.07) is 19.3. The van der Waals surface area contributed by atoms with Gasteiger partial charge in [0.1, 0.15) is 18.2 Å². The van der Waals surface area contributed by atoms with Crippen LogP contribution < -0.4 is 10.6 Å². The lowest BCUT2D eigenvalue weighted by atomic mass is 9.81. The Kier molecular flexibility index (Phi) is 11.6. The minimum atomic E-state index is -0.817. The number of piperazine rings is 1. The monoisotopic (exact) mass is 564 g/mol. The first-order chi connectivity index (χ1) is 20.0. The molecule has 2 fully saturated rings. The van der Waals surface area contributed by atoms with Crippen LogP contribution in [0, 0.1) is 0 Å². The number of nitrogens with one attached hydrogen (secondary N) is 2. The first-order valence-electron chi connectivity index (χ1n) is 14.9. The Labute approximate surface area is 243 Å². The summed E-state index contributed by atoms with van der Waals surface area (Å²) in [5.74, 6) is -0.0954. The van der Waals surface area contributed by atoms with Gasteiger partial charge in [-0.2, -0.15) is 0 Å². The molecule has 9 heteroatoms. The van der Waals surface area contributed by atoms with Crippen LogP contribution in [-0.4, -0.2) is 85.2 Å². The number of carbonyl (C=O) groups excluding carboxylic acids is 3. The maximum absolute atomic E-state index is 13.7. The molecule has 0 aliphatic carbocycles. The van der Waals surface area contributed by atoms with Gasteiger partial charge in [0.2, 0.25) is 11.8 Å². The summed E-state index contributed by atoms with van der Waals surface area (Å²) in [5.41, 5.74) is 1.40. The second-order valence-corrected chi connectivity index (χ2v) is 10.8. The van der Waals surface area contributed by atoms with Crippen molar-refractivity contribution < 1.29 is 23.9 Å². The average Bonchev–Trinajstić information content (AvgIpc) is 3.01. The lowest BCUT2D eigenvalue weighted by Gasteiger charge is -2.51.